The van der Waals surface area contributed by atoms with Gasteiger partial charge in [-0.05, 0) is 30.5 Å². The lowest BCUT2D eigenvalue weighted by Crippen LogP contribution is -2.45. The quantitative estimate of drug-likeness (QED) is 0.781. The van der Waals surface area contributed by atoms with Crippen LogP contribution < -0.4 is 5.32 Å². The second-order valence-electron chi connectivity index (χ2n) is 8.27. The van der Waals surface area contributed by atoms with Crippen molar-refractivity contribution in [1.29, 1.82) is 0 Å². The lowest BCUT2D eigenvalue weighted by molar-refractivity contribution is 0.0664. The standard InChI is InChI=1S/C22H29N5O2S/c28-19-4-2-1-3-17(19)24-22-25-18-6-5-16(13-20(18)30-22)14-26-8-7-23-21(15-26)27-9-11-29-12-10-27/h5-8,13,17,19,28H,1-4,9-12,14-15H2,(H,24,25)/t17-,19-/m1/s1. The summed E-state index contributed by atoms with van der Waals surface area (Å²) in [6.45, 7) is 5.05. The lowest BCUT2D eigenvalue weighted by Gasteiger charge is -2.33. The van der Waals surface area contributed by atoms with E-state index in [4.69, 9.17) is 9.72 Å². The third-order valence-corrected chi connectivity index (χ3v) is 7.05. The van der Waals surface area contributed by atoms with E-state index in [0.717, 1.165) is 75.1 Å². The molecule has 1 aromatic heterocycles. The van der Waals surface area contributed by atoms with Crippen LogP contribution in [-0.2, 0) is 11.3 Å². The Labute approximate surface area is 181 Å². The Balaban J connectivity index is 1.24. The Morgan fingerprint density at radius 2 is 2.07 bits per heavy atom. The number of benzene rings is 1. The van der Waals surface area contributed by atoms with E-state index >= 15 is 0 Å². The van der Waals surface area contributed by atoms with E-state index < -0.39 is 0 Å². The molecular formula is C22H29N5O2S. The number of thiazole rings is 1. The zero-order valence-corrected chi connectivity index (χ0v) is 18.0. The first-order valence-electron chi connectivity index (χ1n) is 10.9. The van der Waals surface area contributed by atoms with Gasteiger partial charge in [-0.3, -0.25) is 0 Å². The van der Waals surface area contributed by atoms with Crippen molar-refractivity contribution >= 4 is 32.5 Å². The largest absolute Gasteiger partial charge is 0.391 e. The molecule has 0 radical (unpaired) electrons. The summed E-state index contributed by atoms with van der Waals surface area (Å²) in [7, 11) is 0. The molecule has 1 saturated carbocycles. The number of hydrogen-bond acceptors (Lipinski definition) is 8. The third-order valence-electron chi connectivity index (χ3n) is 6.10. The predicted octanol–water partition coefficient (Wildman–Crippen LogP) is 3.03. The molecule has 5 rings (SSSR count). The number of morpholine rings is 1. The van der Waals surface area contributed by atoms with E-state index in [1.807, 2.05) is 6.20 Å². The van der Waals surface area contributed by atoms with Gasteiger partial charge in [-0.15, -0.1) is 0 Å². The van der Waals surface area contributed by atoms with Gasteiger partial charge in [0.25, 0.3) is 0 Å². The summed E-state index contributed by atoms with van der Waals surface area (Å²) in [5.74, 6) is 1.12. The highest BCUT2D eigenvalue weighted by molar-refractivity contribution is 7.22. The van der Waals surface area contributed by atoms with E-state index in [9.17, 15) is 5.11 Å². The molecule has 8 heteroatoms. The molecule has 2 fully saturated rings. The molecule has 160 valence electrons. The first-order chi connectivity index (χ1) is 14.7. The molecule has 30 heavy (non-hydrogen) atoms. The summed E-state index contributed by atoms with van der Waals surface area (Å²) < 4.78 is 6.64. The Morgan fingerprint density at radius 1 is 1.20 bits per heavy atom. The number of aliphatic imine (C=N–C) groups is 1. The molecule has 7 nitrogen and oxygen atoms in total. The summed E-state index contributed by atoms with van der Waals surface area (Å²) >= 11 is 1.68. The zero-order chi connectivity index (χ0) is 20.3. The van der Waals surface area contributed by atoms with Gasteiger partial charge in [0.05, 0.1) is 42.1 Å². The second-order valence-corrected chi connectivity index (χ2v) is 9.30. The van der Waals surface area contributed by atoms with Gasteiger partial charge in [-0.1, -0.05) is 30.2 Å². The van der Waals surface area contributed by atoms with Gasteiger partial charge in [0.2, 0.25) is 0 Å². The molecule has 1 aromatic carbocycles. The number of hydrogen-bond donors (Lipinski definition) is 2. The highest BCUT2D eigenvalue weighted by Gasteiger charge is 2.24. The fraction of sp³-hybridized carbons (Fsp3) is 0.545. The Morgan fingerprint density at radius 3 is 2.93 bits per heavy atom. The van der Waals surface area contributed by atoms with Crippen LogP contribution in [0.5, 0.6) is 0 Å². The lowest BCUT2D eigenvalue weighted by atomic mass is 9.93. The van der Waals surface area contributed by atoms with Gasteiger partial charge in [-0.25, -0.2) is 9.98 Å². The third kappa shape index (κ3) is 4.45. The molecule has 2 N–H and O–H groups in total. The number of aliphatic hydroxyl groups excluding tert-OH is 1. The minimum atomic E-state index is -0.269. The topological polar surface area (TPSA) is 73.2 Å². The van der Waals surface area contributed by atoms with Gasteiger partial charge in [-0.2, -0.15) is 0 Å². The number of ether oxygens (including phenoxy) is 1. The number of anilines is 1. The van der Waals surface area contributed by atoms with Crippen molar-refractivity contribution in [3.05, 3.63) is 36.2 Å². The van der Waals surface area contributed by atoms with Crippen LogP contribution in [0.1, 0.15) is 31.2 Å². The highest BCUT2D eigenvalue weighted by atomic mass is 32.1. The molecule has 3 heterocycles. The molecular weight excluding hydrogens is 398 g/mol. The molecule has 0 spiro atoms. The van der Waals surface area contributed by atoms with Crippen LogP contribution in [0.3, 0.4) is 0 Å². The monoisotopic (exact) mass is 427 g/mol. The first kappa shape index (κ1) is 19.8. The predicted molar refractivity (Wildman–Crippen MR) is 121 cm³/mol. The van der Waals surface area contributed by atoms with Gasteiger partial charge in [0.1, 0.15) is 5.84 Å². The number of nitrogens with one attached hydrogen (secondary N) is 1. The van der Waals surface area contributed by atoms with Crippen molar-refractivity contribution in [3.63, 3.8) is 0 Å². The highest BCUT2D eigenvalue weighted by Crippen LogP contribution is 2.30. The van der Waals surface area contributed by atoms with Crippen molar-refractivity contribution in [2.75, 3.05) is 38.2 Å². The van der Waals surface area contributed by atoms with E-state index in [1.54, 1.807) is 11.3 Å². The minimum absolute atomic E-state index is 0.121. The van der Waals surface area contributed by atoms with Gasteiger partial charge < -0.3 is 25.0 Å². The van der Waals surface area contributed by atoms with Crippen molar-refractivity contribution in [3.8, 4) is 0 Å². The van der Waals surface area contributed by atoms with Crippen LogP contribution in [0.15, 0.2) is 35.6 Å². The SMILES string of the molecule is O[C@@H]1CCCC[C@H]1Nc1nc2ccc(CN3C=CN=C(N4CCOCC4)C3)cc2s1. The summed E-state index contributed by atoms with van der Waals surface area (Å²) in [6.07, 6.45) is 7.88. The van der Waals surface area contributed by atoms with Crippen molar-refractivity contribution in [1.82, 2.24) is 14.8 Å². The van der Waals surface area contributed by atoms with Crippen LogP contribution >= 0.6 is 11.3 Å². The molecule has 0 bridgehead atoms. The average Bonchev–Trinajstić information content (AvgIpc) is 3.18. The van der Waals surface area contributed by atoms with Crippen LogP contribution in [0.25, 0.3) is 10.2 Å². The molecule has 3 aliphatic rings. The van der Waals surface area contributed by atoms with Crippen LogP contribution in [0, 0.1) is 0 Å². The summed E-state index contributed by atoms with van der Waals surface area (Å²) in [5, 5.41) is 14.6. The second kappa shape index (κ2) is 8.91. The van der Waals surface area contributed by atoms with Crippen LogP contribution in [0.2, 0.25) is 0 Å². The van der Waals surface area contributed by atoms with E-state index in [1.165, 1.54) is 16.7 Å². The first-order valence-corrected chi connectivity index (χ1v) is 11.7. The normalized spacial score (nSPS) is 24.9. The Kier molecular flexibility index (Phi) is 5.88. The number of nitrogens with zero attached hydrogens (tertiary/aromatic N) is 4. The van der Waals surface area contributed by atoms with Crippen molar-refractivity contribution in [2.24, 2.45) is 4.99 Å². The Hall–Kier alpha value is -2.16. The molecule has 2 aromatic rings. The molecule has 2 aliphatic heterocycles. The van der Waals surface area contributed by atoms with Crippen molar-refractivity contribution in [2.45, 2.75) is 44.4 Å². The maximum absolute atomic E-state index is 10.2. The van der Waals surface area contributed by atoms with Crippen molar-refractivity contribution < 1.29 is 9.84 Å². The molecule has 0 unspecified atom stereocenters. The van der Waals surface area contributed by atoms with Crippen LogP contribution in [-0.4, -0.2) is 70.7 Å². The van der Waals surface area contributed by atoms with E-state index in [0.29, 0.717) is 0 Å². The fourth-order valence-electron chi connectivity index (χ4n) is 4.40. The van der Waals surface area contributed by atoms with Gasteiger partial charge >= 0.3 is 0 Å². The van der Waals surface area contributed by atoms with Gasteiger partial charge in [0, 0.05) is 32.0 Å². The number of fused-ring (bicyclic) bond motifs is 1. The average molecular weight is 428 g/mol. The Bertz CT molecular complexity index is 937. The molecule has 2 atom stereocenters. The maximum Gasteiger partial charge on any atom is 0.184 e. The minimum Gasteiger partial charge on any atom is -0.391 e. The molecule has 0 amide bonds. The molecule has 1 saturated heterocycles. The summed E-state index contributed by atoms with van der Waals surface area (Å²) in [4.78, 5) is 13.9. The number of rotatable bonds is 4. The fourth-order valence-corrected chi connectivity index (χ4v) is 5.39. The van der Waals surface area contributed by atoms with E-state index in [2.05, 4.69) is 44.5 Å². The maximum atomic E-state index is 10.2. The van der Waals surface area contributed by atoms with E-state index in [-0.39, 0.29) is 12.1 Å². The number of aromatic nitrogens is 1. The molecule has 1 aliphatic carbocycles. The number of amidine groups is 1. The van der Waals surface area contributed by atoms with Gasteiger partial charge in [0.15, 0.2) is 5.13 Å². The van der Waals surface area contributed by atoms with Crippen LogP contribution in [0.4, 0.5) is 5.13 Å². The summed E-state index contributed by atoms with van der Waals surface area (Å²) in [5.41, 5.74) is 2.28. The summed E-state index contributed by atoms with van der Waals surface area (Å²) in [6, 6.07) is 6.63. The smallest absolute Gasteiger partial charge is 0.184 e. The number of aliphatic hydroxyl groups is 1. The zero-order valence-electron chi connectivity index (χ0n) is 17.2.